The van der Waals surface area contributed by atoms with Crippen LogP contribution in [0.3, 0.4) is 0 Å². The summed E-state index contributed by atoms with van der Waals surface area (Å²) in [6.07, 6.45) is 18.8. The molecule has 4 rings (SSSR count). The first-order chi connectivity index (χ1) is 22.4. The lowest BCUT2D eigenvalue weighted by Gasteiger charge is -2.42. The summed E-state index contributed by atoms with van der Waals surface area (Å²) in [6.45, 7) is 2.82. The third kappa shape index (κ3) is 7.66. The van der Waals surface area contributed by atoms with Gasteiger partial charge in [-0.2, -0.15) is 0 Å². The lowest BCUT2D eigenvalue weighted by atomic mass is 9.61. The summed E-state index contributed by atoms with van der Waals surface area (Å²) in [5.74, 6) is -1.73. The fourth-order valence-corrected chi connectivity index (χ4v) is 6.45. The molecule has 2 N–H and O–H groups in total. The van der Waals surface area contributed by atoms with Gasteiger partial charge in [-0.25, -0.2) is 4.79 Å². The second kappa shape index (κ2) is 16.7. The molecule has 0 bridgehead atoms. The third-order valence-electron chi connectivity index (χ3n) is 8.90. The molecular weight excluding hydrogens is 580 g/mol. The summed E-state index contributed by atoms with van der Waals surface area (Å²) in [5.41, 5.74) is -1.49. The molecule has 0 saturated heterocycles. The van der Waals surface area contributed by atoms with Gasteiger partial charge < -0.3 is 19.6 Å². The van der Waals surface area contributed by atoms with Crippen molar-refractivity contribution in [1.29, 1.82) is 0 Å². The maximum atomic E-state index is 13.6. The number of benzene rings is 2. The maximum Gasteiger partial charge on any atom is 0.338 e. The van der Waals surface area contributed by atoms with Crippen molar-refractivity contribution in [3.8, 4) is 0 Å². The van der Waals surface area contributed by atoms with Crippen LogP contribution < -0.4 is 5.32 Å². The Balaban J connectivity index is 1.52. The molecule has 2 unspecified atom stereocenters. The number of ether oxygens (including phenoxy) is 1. The van der Waals surface area contributed by atoms with Gasteiger partial charge in [-0.05, 0) is 54.0 Å². The average molecular weight is 627 g/mol. The third-order valence-corrected chi connectivity index (χ3v) is 8.90. The Morgan fingerprint density at radius 1 is 0.891 bits per heavy atom. The number of unbranched alkanes of at least 4 members (excludes halogenated alkanes) is 9. The number of nitrogens with one attached hydrogen (secondary N) is 1. The van der Waals surface area contributed by atoms with Crippen molar-refractivity contribution in [3.05, 3.63) is 107 Å². The monoisotopic (exact) mass is 626 g/mol. The number of carbonyl (C=O) groups is 3. The van der Waals surface area contributed by atoms with Crippen LogP contribution in [-0.4, -0.2) is 48.4 Å². The van der Waals surface area contributed by atoms with Crippen LogP contribution in [0.1, 0.15) is 109 Å². The summed E-state index contributed by atoms with van der Waals surface area (Å²) in [6, 6.07) is 16.8. The van der Waals surface area contributed by atoms with E-state index >= 15 is 0 Å². The molecule has 46 heavy (non-hydrogen) atoms. The normalized spacial score (nSPS) is 16.7. The molecule has 0 fully saturated rings. The Kier molecular flexibility index (Phi) is 12.5. The number of rotatable bonds is 19. The van der Waals surface area contributed by atoms with Gasteiger partial charge in [0.2, 0.25) is 0 Å². The zero-order valence-electron chi connectivity index (χ0n) is 27.0. The fourth-order valence-electron chi connectivity index (χ4n) is 6.45. The summed E-state index contributed by atoms with van der Waals surface area (Å²) in [7, 11) is 1.31. The van der Waals surface area contributed by atoms with E-state index in [1.807, 2.05) is 0 Å². The Hall–Kier alpha value is -4.46. The van der Waals surface area contributed by atoms with Crippen molar-refractivity contribution in [2.45, 2.75) is 88.5 Å². The van der Waals surface area contributed by atoms with Crippen LogP contribution in [0.15, 0.2) is 88.5 Å². The highest BCUT2D eigenvalue weighted by Crippen LogP contribution is 2.49. The summed E-state index contributed by atoms with van der Waals surface area (Å²) in [4.78, 5) is 44.0. The van der Waals surface area contributed by atoms with Crippen LogP contribution in [0.25, 0.3) is 0 Å². The van der Waals surface area contributed by atoms with Crippen LogP contribution in [0.4, 0.5) is 0 Å². The van der Waals surface area contributed by atoms with E-state index in [1.165, 1.54) is 64.7 Å². The number of esters is 1. The number of carboxylic acid groups (broad SMARTS) is 1. The number of carbonyl (C=O) groups excluding carboxylic acids is 2. The molecule has 1 aromatic heterocycles. The zero-order valence-corrected chi connectivity index (χ0v) is 27.0. The van der Waals surface area contributed by atoms with Crippen molar-refractivity contribution >= 4 is 24.1 Å². The summed E-state index contributed by atoms with van der Waals surface area (Å²) >= 11 is 0. The molecule has 8 nitrogen and oxygen atoms in total. The first-order valence-electron chi connectivity index (χ1n) is 16.4. The van der Waals surface area contributed by atoms with Crippen LogP contribution >= 0.6 is 0 Å². The number of aliphatic imine (C=N–C) groups is 1. The van der Waals surface area contributed by atoms with Crippen molar-refractivity contribution in [3.63, 3.8) is 0 Å². The quantitative estimate of drug-likeness (QED) is 0.104. The van der Waals surface area contributed by atoms with Gasteiger partial charge in [0.1, 0.15) is 11.3 Å². The second-order valence-electron chi connectivity index (χ2n) is 11.9. The first-order valence-corrected chi connectivity index (χ1v) is 16.4. The van der Waals surface area contributed by atoms with Crippen LogP contribution in [0.2, 0.25) is 0 Å². The highest BCUT2D eigenvalue weighted by Gasteiger charge is 2.61. The van der Waals surface area contributed by atoms with Gasteiger partial charge in [-0.15, -0.1) is 0 Å². The number of aliphatic carboxylic acids is 1. The molecule has 0 spiro atoms. The molecule has 2 atom stereocenters. The highest BCUT2D eigenvalue weighted by molar-refractivity contribution is 5.95. The lowest BCUT2D eigenvalue weighted by Crippen LogP contribution is -2.56. The topological polar surface area (TPSA) is 118 Å². The second-order valence-corrected chi connectivity index (χ2v) is 11.9. The zero-order chi connectivity index (χ0) is 32.8. The summed E-state index contributed by atoms with van der Waals surface area (Å²) in [5, 5.41) is 14.1. The molecule has 1 aliphatic heterocycles. The molecule has 1 amide bonds. The van der Waals surface area contributed by atoms with E-state index in [9.17, 15) is 19.5 Å². The van der Waals surface area contributed by atoms with E-state index < -0.39 is 22.9 Å². The van der Waals surface area contributed by atoms with Crippen LogP contribution in [0.5, 0.6) is 0 Å². The SMILES string of the molecule is CCCCCCCCCCCCNC(=O)c1ccc(C(C(=O)O)(c2ccco2)C2(Cc3ccccc3C(=O)OC)C=CC=N2)cc1. The standard InChI is InChI=1S/C38H46N2O6/c1-3-4-5-6-7-8-9-10-11-14-25-39-34(41)29-20-22-31(23-21-29)38(36(43)44,33-19-15-27-46-33)37(24-16-26-40-37)28-30-17-12-13-18-32(30)35(42)45-2/h12-13,15-24,26-27H,3-11,14,25,28H2,1-2H3,(H,39,41)(H,43,44). The maximum absolute atomic E-state index is 13.6. The Morgan fingerprint density at radius 3 is 2.15 bits per heavy atom. The van der Waals surface area contributed by atoms with Crippen molar-refractivity contribution < 1.29 is 28.6 Å². The van der Waals surface area contributed by atoms with Crippen molar-refractivity contribution in [2.24, 2.45) is 4.99 Å². The fraction of sp³-hybridized carbons (Fsp3) is 0.421. The minimum Gasteiger partial charge on any atom is -0.480 e. The van der Waals surface area contributed by atoms with Gasteiger partial charge in [0.15, 0.2) is 5.41 Å². The van der Waals surface area contributed by atoms with E-state index in [4.69, 9.17) is 14.1 Å². The molecule has 8 heteroatoms. The lowest BCUT2D eigenvalue weighted by molar-refractivity contribution is -0.144. The van der Waals surface area contributed by atoms with Crippen molar-refractivity contribution in [1.82, 2.24) is 5.32 Å². The Labute approximate surface area is 272 Å². The highest BCUT2D eigenvalue weighted by atomic mass is 16.5. The molecule has 0 aliphatic carbocycles. The molecule has 0 saturated carbocycles. The first kappa shape index (κ1) is 34.4. The number of nitrogens with zero attached hydrogens (tertiary/aromatic N) is 1. The van der Waals surface area contributed by atoms with Gasteiger partial charge in [0, 0.05) is 24.7 Å². The van der Waals surface area contributed by atoms with E-state index in [2.05, 4.69) is 12.2 Å². The van der Waals surface area contributed by atoms with E-state index in [0.717, 1.165) is 12.8 Å². The number of carboxylic acids is 1. The molecular formula is C38H46N2O6. The average Bonchev–Trinajstić information content (AvgIpc) is 3.78. The smallest absolute Gasteiger partial charge is 0.338 e. The molecule has 2 heterocycles. The van der Waals surface area contributed by atoms with E-state index in [0.29, 0.717) is 28.8 Å². The number of hydrogen-bond acceptors (Lipinski definition) is 6. The Bertz CT molecular complexity index is 1480. The molecule has 3 aromatic rings. The van der Waals surface area contributed by atoms with Crippen molar-refractivity contribution in [2.75, 3.05) is 13.7 Å². The van der Waals surface area contributed by atoms with Gasteiger partial charge in [0.25, 0.3) is 5.91 Å². The van der Waals surface area contributed by atoms with Gasteiger partial charge in [0.05, 0.1) is 18.9 Å². The summed E-state index contributed by atoms with van der Waals surface area (Å²) < 4.78 is 10.8. The number of allylic oxidation sites excluding steroid dienone is 1. The minimum atomic E-state index is -1.83. The van der Waals surface area contributed by atoms with Crippen LogP contribution in [-0.2, 0) is 21.4 Å². The predicted octanol–water partition coefficient (Wildman–Crippen LogP) is 7.71. The van der Waals surface area contributed by atoms with E-state index in [-0.39, 0.29) is 18.1 Å². The van der Waals surface area contributed by atoms with Gasteiger partial charge >= 0.3 is 11.9 Å². The number of amides is 1. The largest absolute Gasteiger partial charge is 0.480 e. The molecule has 244 valence electrons. The number of furan rings is 1. The van der Waals surface area contributed by atoms with E-state index in [1.54, 1.807) is 79.0 Å². The van der Waals surface area contributed by atoms with Gasteiger partial charge in [-0.1, -0.05) is 101 Å². The molecule has 1 aliphatic rings. The number of hydrogen-bond donors (Lipinski definition) is 2. The van der Waals surface area contributed by atoms with Gasteiger partial charge in [-0.3, -0.25) is 14.6 Å². The molecule has 2 aromatic carbocycles. The Morgan fingerprint density at radius 2 is 1.57 bits per heavy atom. The number of methoxy groups -OCH3 is 1. The van der Waals surface area contributed by atoms with Crippen LogP contribution in [0, 0.1) is 0 Å². The minimum absolute atomic E-state index is 0.0688. The molecule has 0 radical (unpaired) electrons. The predicted molar refractivity (Wildman–Crippen MR) is 180 cm³/mol.